The van der Waals surface area contributed by atoms with Gasteiger partial charge in [0, 0.05) is 52.7 Å². The van der Waals surface area contributed by atoms with Crippen LogP contribution in [-0.2, 0) is 11.2 Å². The molecule has 0 saturated carbocycles. The number of ketones is 1. The number of halogens is 3. The number of thioether (sulfide) groups is 3. The molecule has 17 heteroatoms. The van der Waals surface area contributed by atoms with Crippen LogP contribution in [0, 0.1) is 0 Å². The van der Waals surface area contributed by atoms with Crippen molar-refractivity contribution in [2.45, 2.75) is 88.7 Å². The monoisotopic (exact) mass is 1180 g/mol. The van der Waals surface area contributed by atoms with Crippen molar-refractivity contribution >= 4 is 90.4 Å². The Morgan fingerprint density at radius 2 is 1.14 bits per heavy atom. The summed E-state index contributed by atoms with van der Waals surface area (Å²) in [6.07, 6.45) is 2.24. The zero-order valence-electron chi connectivity index (χ0n) is 28.7. The van der Waals surface area contributed by atoms with E-state index in [1.54, 1.807) is 23.5 Å². The quantitative estimate of drug-likeness (QED) is 0.112. The number of amides is 4. The number of allylic oxidation sites excluding steroid dienone is 2. The van der Waals surface area contributed by atoms with Crippen LogP contribution in [0.4, 0.5) is 9.59 Å². The van der Waals surface area contributed by atoms with Crippen LogP contribution in [-0.4, -0.2) is 33.1 Å². The van der Waals surface area contributed by atoms with E-state index in [-0.39, 0.29) is 47.2 Å². The van der Waals surface area contributed by atoms with Crippen LogP contribution >= 0.6 is 72.5 Å². The summed E-state index contributed by atoms with van der Waals surface area (Å²) >= 11 is 10.4. The van der Waals surface area contributed by atoms with Gasteiger partial charge < -0.3 is 27.5 Å². The molecule has 0 spiro atoms. The molecule has 0 aliphatic carbocycles. The predicted molar refractivity (Wildman–Crippen MR) is 260 cm³/mol. The van der Waals surface area contributed by atoms with Gasteiger partial charge in [-0.05, 0) is 30.5 Å². The number of aromatic nitrogens is 2. The topological polar surface area (TPSA) is 207 Å². The number of carbonyl (C=O) groups is 3. The summed E-state index contributed by atoms with van der Waals surface area (Å²) in [6.45, 7) is 4.01. The van der Waals surface area contributed by atoms with Crippen molar-refractivity contribution < 1.29 is 29.1 Å². The van der Waals surface area contributed by atoms with Crippen molar-refractivity contribution in [3.63, 3.8) is 0 Å². The van der Waals surface area contributed by atoms with Crippen LogP contribution in [0.1, 0.15) is 96.0 Å². The van der Waals surface area contributed by atoms with Crippen LogP contribution in [0.3, 0.4) is 0 Å². The number of hydrogen-bond donors (Lipinski definition) is 6. The van der Waals surface area contributed by atoms with E-state index in [0.717, 1.165) is 22.7 Å². The van der Waals surface area contributed by atoms with Gasteiger partial charge in [0.15, 0.2) is 0 Å². The number of nitrogens with two attached hydrogens (primary N) is 3. The first-order chi connectivity index (χ1) is 25.3. The molecule has 4 aromatic rings. The van der Waals surface area contributed by atoms with Gasteiger partial charge in [0.25, 0.3) is 5.56 Å². The minimum Gasteiger partial charge on any atom is -0.352 e. The van der Waals surface area contributed by atoms with Gasteiger partial charge in [-0.2, -0.15) is 0 Å². The Morgan fingerprint density at radius 1 is 0.719 bits per heavy atom. The van der Waals surface area contributed by atoms with E-state index in [4.69, 9.17) is 10.5 Å². The standard InChI is InChI=1S/C12H10N2O2S.C12H14N2OS.C11H12OS.CH4N2O.4CH4.I3.H2/c15-11-10-8(13-12(16)14-11)6-9(17-10)7-4-2-1-3-5-7;1-8-10(14-12(13)15)7-11(16-8)9-5-3-2-4-6-9;1-8-10(12)7-11(13-8)9-5-3-2-4-6-9;2-1(3)4;;;;;1-3-2;/h1-5,9H,6H2,(H2,13,14,15,16);2-6,11H,7H2,1H3,(H3,13,14,15);2-6,8,11H,7H2,1H3;(H4,2,3,4);4*1H4;;1H/q;;;;;;;;-1;/i;;;;;;;;;1+1. The molecule has 3 aromatic carbocycles. The molecule has 4 atom stereocenters. The van der Waals surface area contributed by atoms with E-state index in [1.165, 1.54) is 28.5 Å². The molecular weight excluding hydrogens is 1120 g/mol. The molecule has 3 aliphatic rings. The number of benzene rings is 3. The number of urea groups is 2. The maximum absolute atomic E-state index is 11.6. The van der Waals surface area contributed by atoms with Crippen molar-refractivity contribution in [1.82, 2.24) is 15.3 Å². The first kappa shape index (κ1) is 56.6. The number of H-pyrrole nitrogens is 2. The summed E-state index contributed by atoms with van der Waals surface area (Å²) in [5.74, 6) is 0.388. The van der Waals surface area contributed by atoms with Crippen LogP contribution in [0.25, 0.3) is 0 Å². The Hall–Kier alpha value is -2.47. The van der Waals surface area contributed by atoms with E-state index in [0.29, 0.717) is 47.3 Å². The minimum atomic E-state index is -0.833. The second kappa shape index (κ2) is 29.7. The molecule has 11 nitrogen and oxygen atoms in total. The number of fused-ring (bicyclic) bond motifs is 1. The fraction of sp³-hybridized carbons (Fsp3) is 0.325. The first-order valence-electron chi connectivity index (χ1n) is 16.0. The van der Waals surface area contributed by atoms with Crippen LogP contribution in [0.5, 0.6) is 0 Å². The molecule has 4 unspecified atom stereocenters. The van der Waals surface area contributed by atoms with E-state index >= 15 is 0 Å². The van der Waals surface area contributed by atoms with Gasteiger partial charge in [0.2, 0.25) is 0 Å². The van der Waals surface area contributed by atoms with Gasteiger partial charge >= 0.3 is 68.2 Å². The molecular formula is C40H58I3N6O5S3-. The zero-order valence-corrected chi connectivity index (χ0v) is 37.6. The normalized spacial score (nSPS) is 18.1. The van der Waals surface area contributed by atoms with Crippen LogP contribution < -0.4 is 47.0 Å². The maximum atomic E-state index is 11.6. The van der Waals surface area contributed by atoms with Gasteiger partial charge in [0.1, 0.15) is 5.78 Å². The molecule has 7 rings (SSSR count). The molecule has 1 fully saturated rings. The molecule has 1 saturated heterocycles. The van der Waals surface area contributed by atoms with Crippen molar-refractivity contribution in [2.75, 3.05) is 0 Å². The number of Topliss-reactive ketones (excluding diaryl/α,β-unsaturated/α-hetero) is 1. The molecule has 4 amide bonds. The Balaban J connectivity index is -0.000000699. The van der Waals surface area contributed by atoms with E-state index in [2.05, 4.69) is 88.2 Å². The summed E-state index contributed by atoms with van der Waals surface area (Å²) in [5.41, 5.74) is 18.4. The van der Waals surface area contributed by atoms with Crippen LogP contribution in [0.15, 0.2) is 116 Å². The number of aromatic amines is 2. The molecule has 0 radical (unpaired) electrons. The minimum absolute atomic E-state index is 0. The fourth-order valence-corrected chi connectivity index (χ4v) is 9.22. The van der Waals surface area contributed by atoms with E-state index in [9.17, 15) is 19.2 Å². The third-order valence-corrected chi connectivity index (χ3v) is 11.9. The third-order valence-electron chi connectivity index (χ3n) is 7.75. The molecule has 0 bridgehead atoms. The van der Waals surface area contributed by atoms with Gasteiger partial charge in [-0.1, -0.05) is 121 Å². The van der Waals surface area contributed by atoms with Gasteiger partial charge in [-0.3, -0.25) is 14.6 Å². The first-order valence-corrected chi connectivity index (χ1v) is 31.3. The fourth-order valence-electron chi connectivity index (χ4n) is 5.39. The molecule has 57 heavy (non-hydrogen) atoms. The van der Waals surface area contributed by atoms with Crippen molar-refractivity contribution in [2.24, 2.45) is 17.2 Å². The molecule has 9 N–H and O–H groups in total. The average Bonchev–Trinajstić information content (AvgIpc) is 3.83. The molecule has 318 valence electrons. The number of nitrogens with one attached hydrogen (secondary N) is 3. The maximum Gasteiger partial charge on any atom is 0.325 e. The summed E-state index contributed by atoms with van der Waals surface area (Å²) in [7, 11) is 0. The average molecular weight is 1180 g/mol. The second-order valence-corrected chi connectivity index (χ2v) is 31.9. The zero-order chi connectivity index (χ0) is 38.9. The number of primary amides is 3. The Bertz CT molecular complexity index is 1960. The van der Waals surface area contributed by atoms with Crippen molar-refractivity contribution in [1.29, 1.82) is 0 Å². The van der Waals surface area contributed by atoms with Gasteiger partial charge in [-0.15, -0.1) is 35.3 Å². The smallest absolute Gasteiger partial charge is 0.325 e. The third kappa shape index (κ3) is 19.4. The largest absolute Gasteiger partial charge is 0.352 e. The Labute approximate surface area is 381 Å². The van der Waals surface area contributed by atoms with Gasteiger partial charge in [0.05, 0.1) is 10.1 Å². The molecule has 1 aromatic heterocycles. The van der Waals surface area contributed by atoms with Crippen molar-refractivity contribution in [3.05, 3.63) is 145 Å². The Kier molecular flexibility index (Phi) is 29.5. The predicted octanol–water partition coefficient (Wildman–Crippen LogP) is 7.63. The number of rotatable bonds is 4. The second-order valence-electron chi connectivity index (χ2n) is 11.5. The Morgan fingerprint density at radius 3 is 1.54 bits per heavy atom. The summed E-state index contributed by atoms with van der Waals surface area (Å²) in [5, 5.41) is 3.87. The summed E-state index contributed by atoms with van der Waals surface area (Å²) < 4.78 is 0. The van der Waals surface area contributed by atoms with E-state index < -0.39 is 17.8 Å². The number of carbonyl (C=O) groups excluding carboxylic acids is 3. The molecule has 3 aliphatic heterocycles. The van der Waals surface area contributed by atoms with Crippen LogP contribution in [0.2, 0.25) is 0 Å². The summed E-state index contributed by atoms with van der Waals surface area (Å²) in [4.78, 5) is 60.7. The van der Waals surface area contributed by atoms with E-state index in [1.807, 2.05) is 80.6 Å². The molecule has 4 heterocycles. The summed E-state index contributed by atoms with van der Waals surface area (Å²) in [6, 6.07) is 29.2. The number of hydrogen-bond acceptors (Lipinski definition) is 8. The SMILES string of the molecule is C.C.C.C.CC1=C(NC(N)=O)CC(c2ccccc2)S1.CC1SC(c2ccccc2)CC1=O.I[I-]I.NC(N)=O.O=c1[nH]c2c(c(=O)[nH]1)SC(c1ccccc1)C2.[2HH]. The van der Waals surface area contributed by atoms with Gasteiger partial charge in [-0.25, -0.2) is 14.4 Å². The van der Waals surface area contributed by atoms with Crippen molar-refractivity contribution in [3.8, 4) is 0 Å².